The molecule has 1 heterocycles. The summed E-state index contributed by atoms with van der Waals surface area (Å²) < 4.78 is 18.4. The quantitative estimate of drug-likeness (QED) is 0.741. The Balaban J connectivity index is 1.68. The molecule has 4 rings (SSSR count). The minimum Gasteiger partial charge on any atom is -0.422 e. The smallest absolute Gasteiger partial charge is 0.349 e. The number of fused-ring (bicyclic) bond motifs is 1. The van der Waals surface area contributed by atoms with Gasteiger partial charge in [-0.3, -0.25) is 4.79 Å². The predicted molar refractivity (Wildman–Crippen MR) is 91.9 cm³/mol. The van der Waals surface area contributed by atoms with Gasteiger partial charge in [0.1, 0.15) is 17.0 Å². The van der Waals surface area contributed by atoms with Gasteiger partial charge >= 0.3 is 5.63 Å². The molecule has 2 aromatic carbocycles. The highest BCUT2D eigenvalue weighted by Crippen LogP contribution is 2.41. The molecule has 3 aromatic rings. The number of benzene rings is 2. The molecule has 0 radical (unpaired) electrons. The lowest BCUT2D eigenvalue weighted by atomic mass is 9.71. The SMILES string of the molecule is O=C(NC1(c2ccc(F)cc2)CCC1)c1cc2ccccc2oc1=O. The number of carbonyl (C=O) groups excluding carboxylic acids is 1. The van der Waals surface area contributed by atoms with Crippen molar-refractivity contribution in [3.05, 3.63) is 82.0 Å². The van der Waals surface area contributed by atoms with E-state index in [0.29, 0.717) is 11.0 Å². The summed E-state index contributed by atoms with van der Waals surface area (Å²) in [5.41, 5.74) is 0.0551. The third-order valence-electron chi connectivity index (χ3n) is 4.84. The molecule has 1 amide bonds. The molecule has 1 aromatic heterocycles. The topological polar surface area (TPSA) is 59.3 Å². The fourth-order valence-electron chi connectivity index (χ4n) is 3.29. The molecule has 0 spiro atoms. The first-order valence-electron chi connectivity index (χ1n) is 8.19. The van der Waals surface area contributed by atoms with Crippen LogP contribution in [0.1, 0.15) is 35.2 Å². The number of nitrogens with one attached hydrogen (secondary N) is 1. The van der Waals surface area contributed by atoms with Gasteiger partial charge in [-0.1, -0.05) is 30.3 Å². The summed E-state index contributed by atoms with van der Waals surface area (Å²) in [4.78, 5) is 24.9. The normalized spacial score (nSPS) is 15.6. The Morgan fingerprint density at radius 1 is 1.08 bits per heavy atom. The van der Waals surface area contributed by atoms with Gasteiger partial charge in [-0.15, -0.1) is 0 Å². The molecular weight excluding hydrogens is 321 g/mol. The number of carbonyl (C=O) groups is 1. The molecule has 4 nitrogen and oxygen atoms in total. The minimum absolute atomic E-state index is 0.0212. The van der Waals surface area contributed by atoms with Crippen molar-refractivity contribution in [3.8, 4) is 0 Å². The van der Waals surface area contributed by atoms with Crippen LogP contribution in [0.4, 0.5) is 4.39 Å². The highest BCUT2D eigenvalue weighted by Gasteiger charge is 2.40. The standard InChI is InChI=1S/C20H16FNO3/c21-15-8-6-14(7-9-15)20(10-3-11-20)22-18(23)16-12-13-4-1-2-5-17(13)25-19(16)24/h1-2,4-9,12H,3,10-11H2,(H,22,23). The van der Waals surface area contributed by atoms with Crippen molar-refractivity contribution in [2.45, 2.75) is 24.8 Å². The van der Waals surface area contributed by atoms with E-state index in [4.69, 9.17) is 4.42 Å². The maximum Gasteiger partial charge on any atom is 0.349 e. The van der Waals surface area contributed by atoms with Crippen LogP contribution in [0.5, 0.6) is 0 Å². The first-order valence-corrected chi connectivity index (χ1v) is 8.19. The monoisotopic (exact) mass is 337 g/mol. The van der Waals surface area contributed by atoms with E-state index in [1.54, 1.807) is 36.4 Å². The van der Waals surface area contributed by atoms with E-state index in [2.05, 4.69) is 5.32 Å². The zero-order chi connectivity index (χ0) is 17.4. The maximum absolute atomic E-state index is 13.2. The second-order valence-electron chi connectivity index (χ2n) is 6.38. The molecule has 0 unspecified atom stereocenters. The highest BCUT2D eigenvalue weighted by atomic mass is 19.1. The van der Waals surface area contributed by atoms with Crippen LogP contribution in [0.25, 0.3) is 11.0 Å². The molecule has 5 heteroatoms. The molecule has 1 saturated carbocycles. The lowest BCUT2D eigenvalue weighted by molar-refractivity contribution is 0.0819. The summed E-state index contributed by atoms with van der Waals surface area (Å²) in [5.74, 6) is -0.789. The fraction of sp³-hybridized carbons (Fsp3) is 0.200. The molecule has 0 aliphatic heterocycles. The Morgan fingerprint density at radius 3 is 2.48 bits per heavy atom. The van der Waals surface area contributed by atoms with Gasteiger partial charge in [-0.05, 0) is 49.1 Å². The Kier molecular flexibility index (Phi) is 3.64. The molecule has 0 saturated heterocycles. The van der Waals surface area contributed by atoms with E-state index in [1.807, 2.05) is 6.07 Å². The van der Waals surface area contributed by atoms with Crippen molar-refractivity contribution < 1.29 is 13.6 Å². The van der Waals surface area contributed by atoms with Gasteiger partial charge in [0.15, 0.2) is 0 Å². The van der Waals surface area contributed by atoms with Crippen LogP contribution < -0.4 is 10.9 Å². The lowest BCUT2D eigenvalue weighted by Crippen LogP contribution is -2.51. The van der Waals surface area contributed by atoms with E-state index in [0.717, 1.165) is 24.8 Å². The number of hydrogen-bond donors (Lipinski definition) is 1. The van der Waals surface area contributed by atoms with E-state index in [1.165, 1.54) is 12.1 Å². The molecule has 1 N–H and O–H groups in total. The Labute approximate surface area is 143 Å². The van der Waals surface area contributed by atoms with Crippen molar-refractivity contribution in [1.29, 1.82) is 0 Å². The third kappa shape index (κ3) is 2.71. The van der Waals surface area contributed by atoms with E-state index in [9.17, 15) is 14.0 Å². The average molecular weight is 337 g/mol. The van der Waals surface area contributed by atoms with Crippen LogP contribution in [-0.4, -0.2) is 5.91 Å². The number of amides is 1. The molecular formula is C20H16FNO3. The van der Waals surface area contributed by atoms with Crippen molar-refractivity contribution in [1.82, 2.24) is 5.32 Å². The van der Waals surface area contributed by atoms with Gasteiger partial charge in [0.2, 0.25) is 0 Å². The summed E-state index contributed by atoms with van der Waals surface area (Å²) in [6.45, 7) is 0. The van der Waals surface area contributed by atoms with Gasteiger partial charge in [-0.25, -0.2) is 9.18 Å². The molecule has 1 aliphatic carbocycles. The summed E-state index contributed by atoms with van der Waals surface area (Å²) in [6.07, 6.45) is 2.47. The molecule has 126 valence electrons. The van der Waals surface area contributed by atoms with Crippen LogP contribution in [-0.2, 0) is 5.54 Å². The molecule has 25 heavy (non-hydrogen) atoms. The summed E-state index contributed by atoms with van der Waals surface area (Å²) in [6, 6.07) is 14.7. The Bertz CT molecular complexity index is 1000. The minimum atomic E-state index is -0.662. The van der Waals surface area contributed by atoms with Gasteiger partial charge in [0.05, 0.1) is 5.54 Å². The first-order chi connectivity index (χ1) is 12.1. The summed E-state index contributed by atoms with van der Waals surface area (Å²) >= 11 is 0. The van der Waals surface area contributed by atoms with Crippen molar-refractivity contribution in [3.63, 3.8) is 0 Å². The summed E-state index contributed by atoms with van der Waals surface area (Å²) in [7, 11) is 0. The van der Waals surface area contributed by atoms with Gasteiger partial charge < -0.3 is 9.73 Å². The summed E-state index contributed by atoms with van der Waals surface area (Å²) in [5, 5.41) is 3.66. The van der Waals surface area contributed by atoms with Crippen LogP contribution in [0.3, 0.4) is 0 Å². The largest absolute Gasteiger partial charge is 0.422 e. The number of rotatable bonds is 3. The van der Waals surface area contributed by atoms with Crippen LogP contribution in [0, 0.1) is 5.82 Å². The molecule has 1 fully saturated rings. The van der Waals surface area contributed by atoms with E-state index in [-0.39, 0.29) is 11.4 Å². The van der Waals surface area contributed by atoms with Crippen molar-refractivity contribution >= 4 is 16.9 Å². The van der Waals surface area contributed by atoms with E-state index >= 15 is 0 Å². The number of para-hydroxylation sites is 1. The van der Waals surface area contributed by atoms with Crippen molar-refractivity contribution in [2.75, 3.05) is 0 Å². The molecule has 0 bridgehead atoms. The first kappa shape index (κ1) is 15.6. The predicted octanol–water partition coefficient (Wildman–Crippen LogP) is 3.74. The van der Waals surface area contributed by atoms with Gasteiger partial charge in [-0.2, -0.15) is 0 Å². The van der Waals surface area contributed by atoms with Crippen LogP contribution in [0.15, 0.2) is 63.8 Å². The lowest BCUT2D eigenvalue weighted by Gasteiger charge is -2.43. The Hall–Kier alpha value is -2.95. The second-order valence-corrected chi connectivity index (χ2v) is 6.38. The fourth-order valence-corrected chi connectivity index (χ4v) is 3.29. The third-order valence-corrected chi connectivity index (χ3v) is 4.84. The van der Waals surface area contributed by atoms with Crippen molar-refractivity contribution in [2.24, 2.45) is 0 Å². The van der Waals surface area contributed by atoms with Crippen LogP contribution in [0.2, 0.25) is 0 Å². The van der Waals surface area contributed by atoms with Gasteiger partial charge in [0.25, 0.3) is 5.91 Å². The zero-order valence-corrected chi connectivity index (χ0v) is 13.4. The second kappa shape index (κ2) is 5.84. The molecule has 0 atom stereocenters. The number of hydrogen-bond acceptors (Lipinski definition) is 3. The van der Waals surface area contributed by atoms with E-state index < -0.39 is 17.1 Å². The highest BCUT2D eigenvalue weighted by molar-refractivity contribution is 5.97. The Morgan fingerprint density at radius 2 is 1.80 bits per heavy atom. The maximum atomic E-state index is 13.2. The zero-order valence-electron chi connectivity index (χ0n) is 13.4. The number of halogens is 1. The average Bonchev–Trinajstić information content (AvgIpc) is 2.58. The van der Waals surface area contributed by atoms with Gasteiger partial charge in [0, 0.05) is 5.39 Å². The van der Waals surface area contributed by atoms with Crippen LogP contribution >= 0.6 is 0 Å². The molecule has 1 aliphatic rings.